The predicted molar refractivity (Wildman–Crippen MR) is 160 cm³/mol. The van der Waals surface area contributed by atoms with E-state index in [1.165, 1.54) is 4.90 Å². The van der Waals surface area contributed by atoms with Gasteiger partial charge < -0.3 is 9.64 Å². The number of imide groups is 1. The van der Waals surface area contributed by atoms with Gasteiger partial charge in [-0.3, -0.25) is 19.2 Å². The van der Waals surface area contributed by atoms with Crippen LogP contribution in [0.4, 0.5) is 11.4 Å². The summed E-state index contributed by atoms with van der Waals surface area (Å²) in [6.07, 6.45) is 0.0584. The molecule has 2 bridgehead atoms. The Morgan fingerprint density at radius 1 is 0.698 bits per heavy atom. The van der Waals surface area contributed by atoms with E-state index in [4.69, 9.17) is 4.74 Å². The Kier molecular flexibility index (Phi) is 5.66. The first-order chi connectivity index (χ1) is 20.9. The third kappa shape index (κ3) is 3.80. The first-order valence-corrected chi connectivity index (χ1v) is 14.6. The lowest BCUT2D eigenvalue weighted by atomic mass is 9.55. The zero-order valence-corrected chi connectivity index (χ0v) is 23.5. The molecule has 0 saturated carbocycles. The number of carbonyl (C=O) groups is 4. The molecule has 3 aliphatic carbocycles. The summed E-state index contributed by atoms with van der Waals surface area (Å²) in [6.45, 7) is 2.19. The van der Waals surface area contributed by atoms with E-state index >= 15 is 0 Å². The van der Waals surface area contributed by atoms with E-state index in [0.29, 0.717) is 5.69 Å². The highest BCUT2D eigenvalue weighted by molar-refractivity contribution is 6.23. The Balaban J connectivity index is 1.06. The molecule has 0 spiro atoms. The van der Waals surface area contributed by atoms with Gasteiger partial charge in [0.15, 0.2) is 0 Å². The van der Waals surface area contributed by atoms with Crippen molar-refractivity contribution in [3.63, 3.8) is 0 Å². The molecule has 0 radical (unpaired) electrons. The van der Waals surface area contributed by atoms with Crippen molar-refractivity contribution in [1.29, 1.82) is 0 Å². The van der Waals surface area contributed by atoms with Crippen molar-refractivity contribution < 1.29 is 23.9 Å². The van der Waals surface area contributed by atoms with Gasteiger partial charge in [0.25, 0.3) is 0 Å². The number of carbonyl (C=O) groups excluding carboxylic acids is 4. The van der Waals surface area contributed by atoms with Gasteiger partial charge in [-0.1, -0.05) is 66.7 Å². The summed E-state index contributed by atoms with van der Waals surface area (Å²) in [4.78, 5) is 57.0. The molecular formula is C36H28N2O5. The van der Waals surface area contributed by atoms with E-state index in [2.05, 4.69) is 24.3 Å². The fourth-order valence-electron chi connectivity index (χ4n) is 7.73. The summed E-state index contributed by atoms with van der Waals surface area (Å²) in [5, 5.41) is 0. The first kappa shape index (κ1) is 25.7. The van der Waals surface area contributed by atoms with Gasteiger partial charge in [-0.25, -0.2) is 4.90 Å². The number of rotatable bonds is 4. The smallest absolute Gasteiger partial charge is 0.316 e. The molecule has 7 heteroatoms. The monoisotopic (exact) mass is 568 g/mol. The number of hydrogen-bond donors (Lipinski definition) is 0. The second-order valence-corrected chi connectivity index (χ2v) is 11.9. The number of nitrogens with zero attached hydrogens (tertiary/aromatic N) is 2. The Hall–Kier alpha value is -5.04. The largest absolute Gasteiger partial charge is 0.426 e. The van der Waals surface area contributed by atoms with Crippen molar-refractivity contribution in [2.45, 2.75) is 25.2 Å². The SMILES string of the molecule is Cc1cccc(N2C[C@H](C(=O)Oc3cccc(N4C(=O)[C@H]5C6c7ccccc7C(c7ccccc76)[C@@H]5C4=O)c3)CC2=O)c1. The molecule has 2 fully saturated rings. The molecule has 0 N–H and O–H groups in total. The highest BCUT2D eigenvalue weighted by atomic mass is 16.5. The standard InChI is InChI=1S/C36H28N2O5/c1-20-8-6-9-22(16-20)37-19-21(17-29(37)39)36(42)43-24-11-7-10-23(18-24)38-34(40)32-30-25-12-2-3-13-26(25)31(33(32)35(38)41)28-15-5-4-14-27(28)30/h2-16,18,21,30-33H,17,19H2,1H3/t21-,30?,31?,32+,33+/m1/s1. The van der Waals surface area contributed by atoms with Crippen LogP contribution in [0.1, 0.15) is 46.1 Å². The van der Waals surface area contributed by atoms with Crippen LogP contribution >= 0.6 is 0 Å². The lowest BCUT2D eigenvalue weighted by Crippen LogP contribution is -2.41. The second kappa shape index (κ2) is 9.49. The number of amides is 3. The Labute approximate surface area is 248 Å². The molecule has 5 aliphatic rings. The third-order valence-corrected chi connectivity index (χ3v) is 9.51. The molecule has 2 aliphatic heterocycles. The fourth-order valence-corrected chi connectivity index (χ4v) is 7.73. The maximum absolute atomic E-state index is 14.1. The van der Waals surface area contributed by atoms with Crippen LogP contribution in [0.2, 0.25) is 0 Å². The van der Waals surface area contributed by atoms with E-state index in [0.717, 1.165) is 33.5 Å². The molecule has 0 unspecified atom stereocenters. The molecule has 212 valence electrons. The molecule has 3 amide bonds. The average Bonchev–Trinajstić information content (AvgIpc) is 3.54. The number of aryl methyl sites for hydroxylation is 1. The van der Waals surface area contributed by atoms with Gasteiger partial charge in [0, 0.05) is 36.6 Å². The van der Waals surface area contributed by atoms with Crippen molar-refractivity contribution in [3.05, 3.63) is 125 Å². The summed E-state index contributed by atoms with van der Waals surface area (Å²) in [5.41, 5.74) is 6.62. The number of anilines is 2. The number of hydrogen-bond acceptors (Lipinski definition) is 5. The van der Waals surface area contributed by atoms with Gasteiger partial charge in [0.1, 0.15) is 5.75 Å². The number of ether oxygens (including phenoxy) is 1. The Morgan fingerprint density at radius 3 is 1.84 bits per heavy atom. The van der Waals surface area contributed by atoms with Gasteiger partial charge >= 0.3 is 5.97 Å². The summed E-state index contributed by atoms with van der Waals surface area (Å²) in [6, 6.07) is 30.5. The van der Waals surface area contributed by atoms with Crippen LogP contribution in [0.15, 0.2) is 97.1 Å². The van der Waals surface area contributed by atoms with Gasteiger partial charge in [-0.2, -0.15) is 0 Å². The number of esters is 1. The summed E-state index contributed by atoms with van der Waals surface area (Å²) >= 11 is 0. The van der Waals surface area contributed by atoms with Gasteiger partial charge in [0.2, 0.25) is 17.7 Å². The van der Waals surface area contributed by atoms with Crippen LogP contribution in [0, 0.1) is 24.7 Å². The molecule has 9 rings (SSSR count). The quantitative estimate of drug-likeness (QED) is 0.188. The van der Waals surface area contributed by atoms with Crippen molar-refractivity contribution in [1.82, 2.24) is 0 Å². The minimum Gasteiger partial charge on any atom is -0.426 e. The van der Waals surface area contributed by atoms with Crippen LogP contribution < -0.4 is 14.5 Å². The molecule has 7 nitrogen and oxygen atoms in total. The fraction of sp³-hybridized carbons (Fsp3) is 0.222. The van der Waals surface area contributed by atoms with E-state index in [1.54, 1.807) is 29.2 Å². The zero-order valence-electron chi connectivity index (χ0n) is 23.5. The van der Waals surface area contributed by atoms with Crippen molar-refractivity contribution in [2.75, 3.05) is 16.3 Å². The van der Waals surface area contributed by atoms with Crippen molar-refractivity contribution >= 4 is 35.1 Å². The zero-order chi connectivity index (χ0) is 29.4. The predicted octanol–water partition coefficient (Wildman–Crippen LogP) is 5.35. The van der Waals surface area contributed by atoms with E-state index in [9.17, 15) is 19.2 Å². The molecule has 43 heavy (non-hydrogen) atoms. The van der Waals surface area contributed by atoms with Gasteiger partial charge in [0.05, 0.1) is 23.4 Å². The van der Waals surface area contributed by atoms with E-state index < -0.39 is 23.7 Å². The highest BCUT2D eigenvalue weighted by Gasteiger charge is 2.61. The van der Waals surface area contributed by atoms with Crippen LogP contribution in [-0.4, -0.2) is 30.2 Å². The Morgan fingerprint density at radius 2 is 1.26 bits per heavy atom. The highest BCUT2D eigenvalue weighted by Crippen LogP contribution is 2.61. The average molecular weight is 569 g/mol. The van der Waals surface area contributed by atoms with Gasteiger partial charge in [-0.15, -0.1) is 0 Å². The van der Waals surface area contributed by atoms with Crippen LogP contribution in [0.25, 0.3) is 0 Å². The molecule has 0 aromatic heterocycles. The lowest BCUT2D eigenvalue weighted by molar-refractivity contribution is -0.139. The normalized spacial score (nSPS) is 25.0. The van der Waals surface area contributed by atoms with Crippen LogP contribution in [0.3, 0.4) is 0 Å². The molecule has 4 aromatic carbocycles. The maximum Gasteiger partial charge on any atom is 0.316 e. The summed E-state index contributed by atoms with van der Waals surface area (Å²) < 4.78 is 5.73. The van der Waals surface area contributed by atoms with Crippen LogP contribution in [0.5, 0.6) is 5.75 Å². The van der Waals surface area contributed by atoms with Crippen LogP contribution in [-0.2, 0) is 19.2 Å². The van der Waals surface area contributed by atoms with Crippen molar-refractivity contribution in [2.24, 2.45) is 17.8 Å². The molecule has 4 aromatic rings. The minimum absolute atomic E-state index is 0.0584. The lowest BCUT2D eigenvalue weighted by Gasteiger charge is -2.45. The Bertz CT molecular complexity index is 1750. The maximum atomic E-state index is 14.1. The topological polar surface area (TPSA) is 84.0 Å². The summed E-state index contributed by atoms with van der Waals surface area (Å²) in [7, 11) is 0. The van der Waals surface area contributed by atoms with Crippen molar-refractivity contribution in [3.8, 4) is 5.75 Å². The van der Waals surface area contributed by atoms with E-state index in [1.807, 2.05) is 55.5 Å². The van der Waals surface area contributed by atoms with E-state index in [-0.39, 0.29) is 48.3 Å². The van der Waals surface area contributed by atoms with Gasteiger partial charge in [-0.05, 0) is 59.0 Å². The summed E-state index contributed by atoms with van der Waals surface area (Å²) in [5.74, 6) is -2.87. The number of benzene rings is 4. The first-order valence-electron chi connectivity index (χ1n) is 14.6. The molecule has 3 atom stereocenters. The molecule has 2 heterocycles. The molecule has 2 saturated heterocycles. The minimum atomic E-state index is -0.623. The third-order valence-electron chi connectivity index (χ3n) is 9.51. The molecular weight excluding hydrogens is 540 g/mol. The second-order valence-electron chi connectivity index (χ2n) is 11.9.